The van der Waals surface area contributed by atoms with Crippen LogP contribution in [0.2, 0.25) is 0 Å². The van der Waals surface area contributed by atoms with E-state index in [-0.39, 0.29) is 12.7 Å². The number of carbonyl (C=O) groups excluding carboxylic acids is 1. The fraction of sp³-hybridized carbons (Fsp3) is 0.217. The summed E-state index contributed by atoms with van der Waals surface area (Å²) in [4.78, 5) is 19.3. The van der Waals surface area contributed by atoms with E-state index in [2.05, 4.69) is 40.3 Å². The molecule has 1 aromatic heterocycles. The minimum Gasteiger partial charge on any atom is -0.454 e. The van der Waals surface area contributed by atoms with E-state index in [0.29, 0.717) is 23.9 Å². The van der Waals surface area contributed by atoms with Crippen molar-refractivity contribution in [3.05, 3.63) is 77.6 Å². The molecule has 2 aliphatic heterocycles. The molecule has 3 aromatic rings. The number of pyridine rings is 1. The summed E-state index contributed by atoms with van der Waals surface area (Å²) in [7, 11) is 0. The number of rotatable bonds is 4. The number of ether oxygens (including phenoxy) is 2. The first-order valence-electron chi connectivity index (χ1n) is 9.68. The van der Waals surface area contributed by atoms with Crippen molar-refractivity contribution in [2.24, 2.45) is 0 Å². The van der Waals surface area contributed by atoms with Gasteiger partial charge < -0.3 is 19.7 Å². The lowest BCUT2D eigenvalue weighted by molar-refractivity contribution is 0.0950. The average Bonchev–Trinajstić information content (AvgIpc) is 3.34. The predicted molar refractivity (Wildman–Crippen MR) is 110 cm³/mol. The van der Waals surface area contributed by atoms with E-state index >= 15 is 0 Å². The lowest BCUT2D eigenvalue weighted by Crippen LogP contribution is -2.26. The minimum absolute atomic E-state index is 0.155. The standard InChI is InChI=1S/C23H21N3O3/c1-15-8-17-4-2-3-5-20(17)26(15)19-10-18(12-24-13-19)23(27)25-11-16-6-7-21-22(9-16)29-14-28-21/h2-7,9-10,12-13,15H,8,11,14H2,1H3,(H,25,27). The molecular formula is C23H21N3O3. The predicted octanol–water partition coefficient (Wildman–Crippen LogP) is 3.82. The van der Waals surface area contributed by atoms with Crippen LogP contribution in [0.15, 0.2) is 60.9 Å². The molecule has 1 unspecified atom stereocenters. The lowest BCUT2D eigenvalue weighted by atomic mass is 10.1. The topological polar surface area (TPSA) is 63.7 Å². The summed E-state index contributed by atoms with van der Waals surface area (Å²) in [6.07, 6.45) is 4.40. The number of hydrogen-bond donors (Lipinski definition) is 1. The average molecular weight is 387 g/mol. The van der Waals surface area contributed by atoms with Crippen LogP contribution in [-0.4, -0.2) is 23.7 Å². The summed E-state index contributed by atoms with van der Waals surface area (Å²) < 4.78 is 10.7. The Morgan fingerprint density at radius 1 is 1.14 bits per heavy atom. The molecule has 1 amide bonds. The molecule has 2 aliphatic rings. The quantitative estimate of drug-likeness (QED) is 0.737. The first-order valence-corrected chi connectivity index (χ1v) is 9.68. The van der Waals surface area contributed by atoms with Gasteiger partial charge in [-0.05, 0) is 48.7 Å². The molecule has 0 radical (unpaired) electrons. The smallest absolute Gasteiger partial charge is 0.253 e. The highest BCUT2D eigenvalue weighted by molar-refractivity contribution is 5.95. The van der Waals surface area contributed by atoms with E-state index in [0.717, 1.165) is 23.4 Å². The summed E-state index contributed by atoms with van der Waals surface area (Å²) in [6.45, 7) is 2.83. The number of nitrogens with one attached hydrogen (secondary N) is 1. The van der Waals surface area contributed by atoms with Gasteiger partial charge in [-0.1, -0.05) is 24.3 Å². The molecule has 146 valence electrons. The molecule has 2 aromatic carbocycles. The molecule has 6 nitrogen and oxygen atoms in total. The van der Waals surface area contributed by atoms with Crippen molar-refractivity contribution in [2.75, 3.05) is 11.7 Å². The number of aromatic nitrogens is 1. The number of carbonyl (C=O) groups is 1. The number of hydrogen-bond acceptors (Lipinski definition) is 5. The van der Waals surface area contributed by atoms with Gasteiger partial charge in [-0.3, -0.25) is 9.78 Å². The second kappa shape index (κ2) is 7.13. The summed E-state index contributed by atoms with van der Waals surface area (Å²) in [5.41, 5.74) is 4.92. The highest BCUT2D eigenvalue weighted by Crippen LogP contribution is 2.38. The van der Waals surface area contributed by atoms with E-state index < -0.39 is 0 Å². The fourth-order valence-corrected chi connectivity index (χ4v) is 3.98. The summed E-state index contributed by atoms with van der Waals surface area (Å²) >= 11 is 0. The van der Waals surface area contributed by atoms with Crippen LogP contribution >= 0.6 is 0 Å². The SMILES string of the molecule is CC1Cc2ccccc2N1c1cncc(C(=O)NCc2ccc3c(c2)OCO3)c1. The number of anilines is 2. The van der Waals surface area contributed by atoms with Crippen molar-refractivity contribution < 1.29 is 14.3 Å². The van der Waals surface area contributed by atoms with Crippen molar-refractivity contribution in [3.8, 4) is 11.5 Å². The monoisotopic (exact) mass is 387 g/mol. The van der Waals surface area contributed by atoms with Crippen molar-refractivity contribution in [1.82, 2.24) is 10.3 Å². The molecule has 6 heteroatoms. The van der Waals surface area contributed by atoms with Gasteiger partial charge in [0.25, 0.3) is 5.91 Å². The van der Waals surface area contributed by atoms with Crippen LogP contribution in [0.5, 0.6) is 11.5 Å². The summed E-state index contributed by atoms with van der Waals surface area (Å²) in [5.74, 6) is 1.29. The largest absolute Gasteiger partial charge is 0.454 e. The highest BCUT2D eigenvalue weighted by Gasteiger charge is 2.27. The maximum Gasteiger partial charge on any atom is 0.253 e. The first-order chi connectivity index (χ1) is 14.2. The van der Waals surface area contributed by atoms with Crippen LogP contribution in [0.3, 0.4) is 0 Å². The molecule has 0 spiro atoms. The molecule has 1 atom stereocenters. The molecule has 0 bridgehead atoms. The Balaban J connectivity index is 1.33. The molecule has 5 rings (SSSR count). The molecule has 0 saturated carbocycles. The van der Waals surface area contributed by atoms with Gasteiger partial charge in [0.2, 0.25) is 6.79 Å². The number of benzene rings is 2. The number of para-hydroxylation sites is 1. The van der Waals surface area contributed by atoms with Crippen LogP contribution in [0, 0.1) is 0 Å². The maximum atomic E-state index is 12.7. The molecule has 1 N–H and O–H groups in total. The van der Waals surface area contributed by atoms with E-state index in [4.69, 9.17) is 9.47 Å². The van der Waals surface area contributed by atoms with E-state index in [1.807, 2.05) is 36.5 Å². The minimum atomic E-state index is -0.155. The van der Waals surface area contributed by atoms with E-state index in [9.17, 15) is 4.79 Å². The maximum absolute atomic E-state index is 12.7. The van der Waals surface area contributed by atoms with E-state index in [1.165, 1.54) is 11.3 Å². The number of fused-ring (bicyclic) bond motifs is 2. The Morgan fingerprint density at radius 3 is 2.93 bits per heavy atom. The highest BCUT2D eigenvalue weighted by atomic mass is 16.7. The third-order valence-electron chi connectivity index (χ3n) is 5.36. The van der Waals surface area contributed by atoms with Gasteiger partial charge in [0.05, 0.1) is 17.4 Å². The summed E-state index contributed by atoms with van der Waals surface area (Å²) in [6, 6.07) is 16.3. The molecule has 3 heterocycles. The van der Waals surface area contributed by atoms with Crippen LogP contribution < -0.4 is 19.7 Å². The Bertz CT molecular complexity index is 1080. The second-order valence-electron chi connectivity index (χ2n) is 7.35. The van der Waals surface area contributed by atoms with Crippen molar-refractivity contribution >= 4 is 17.3 Å². The van der Waals surface area contributed by atoms with Crippen molar-refractivity contribution in [3.63, 3.8) is 0 Å². The van der Waals surface area contributed by atoms with E-state index in [1.54, 1.807) is 6.20 Å². The van der Waals surface area contributed by atoms with Gasteiger partial charge in [-0.25, -0.2) is 0 Å². The zero-order chi connectivity index (χ0) is 19.8. The van der Waals surface area contributed by atoms with Gasteiger partial charge in [0.1, 0.15) is 0 Å². The van der Waals surface area contributed by atoms with Crippen LogP contribution in [-0.2, 0) is 13.0 Å². The van der Waals surface area contributed by atoms with Crippen LogP contribution in [0.1, 0.15) is 28.4 Å². The third-order valence-corrected chi connectivity index (χ3v) is 5.36. The first kappa shape index (κ1) is 17.6. The Hall–Kier alpha value is -3.54. The van der Waals surface area contributed by atoms with Gasteiger partial charge in [0.15, 0.2) is 11.5 Å². The zero-order valence-corrected chi connectivity index (χ0v) is 16.1. The fourth-order valence-electron chi connectivity index (χ4n) is 3.98. The van der Waals surface area contributed by atoms with Gasteiger partial charge in [-0.15, -0.1) is 0 Å². The lowest BCUT2D eigenvalue weighted by Gasteiger charge is -2.25. The second-order valence-corrected chi connectivity index (χ2v) is 7.35. The molecule has 29 heavy (non-hydrogen) atoms. The van der Waals surface area contributed by atoms with Crippen molar-refractivity contribution in [1.29, 1.82) is 0 Å². The zero-order valence-electron chi connectivity index (χ0n) is 16.1. The van der Waals surface area contributed by atoms with Gasteiger partial charge in [-0.2, -0.15) is 0 Å². The Labute approximate surface area is 169 Å². The molecule has 0 saturated heterocycles. The third kappa shape index (κ3) is 3.27. The normalized spacial score (nSPS) is 16.6. The Morgan fingerprint density at radius 2 is 2.00 bits per heavy atom. The van der Waals surface area contributed by atoms with Gasteiger partial charge >= 0.3 is 0 Å². The van der Waals surface area contributed by atoms with Crippen LogP contribution in [0.25, 0.3) is 0 Å². The summed E-state index contributed by atoms with van der Waals surface area (Å²) in [5, 5.41) is 2.96. The number of amides is 1. The van der Waals surface area contributed by atoms with Crippen LogP contribution in [0.4, 0.5) is 11.4 Å². The molecule has 0 aliphatic carbocycles. The Kier molecular flexibility index (Phi) is 4.31. The molecular weight excluding hydrogens is 366 g/mol. The number of nitrogens with zero attached hydrogens (tertiary/aromatic N) is 2. The van der Waals surface area contributed by atoms with Gasteiger partial charge in [0, 0.05) is 24.5 Å². The molecule has 0 fully saturated rings. The van der Waals surface area contributed by atoms with Crippen molar-refractivity contribution in [2.45, 2.75) is 25.9 Å².